The largest absolute Gasteiger partial charge is 0.348 e. The minimum atomic E-state index is -3.81. The molecule has 0 aliphatic carbocycles. The second-order valence-corrected chi connectivity index (χ2v) is 7.65. The molecule has 26 heavy (non-hydrogen) atoms. The highest BCUT2D eigenvalue weighted by atomic mass is 32.2. The summed E-state index contributed by atoms with van der Waals surface area (Å²) < 4.78 is 25.0. The van der Waals surface area contributed by atoms with E-state index in [9.17, 15) is 23.3 Å². The molecule has 0 spiro atoms. The van der Waals surface area contributed by atoms with E-state index < -0.39 is 27.4 Å². The van der Waals surface area contributed by atoms with Crippen LogP contribution in [0.1, 0.15) is 18.5 Å². The molecule has 9 heteroatoms. The molecule has 0 fully saturated rings. The lowest BCUT2D eigenvalue weighted by Crippen LogP contribution is -2.41. The molecule has 0 saturated heterocycles. The van der Waals surface area contributed by atoms with Crippen LogP contribution in [0.5, 0.6) is 0 Å². The molecule has 2 aromatic rings. The Balaban J connectivity index is 2.20. The van der Waals surface area contributed by atoms with Crippen molar-refractivity contribution in [3.63, 3.8) is 0 Å². The Kier molecular flexibility index (Phi) is 5.93. The fourth-order valence-electron chi connectivity index (χ4n) is 2.40. The van der Waals surface area contributed by atoms with Crippen LogP contribution in [0.15, 0.2) is 54.6 Å². The molecule has 0 saturated carbocycles. The highest BCUT2D eigenvalue weighted by Gasteiger charge is 2.23. The first-order chi connectivity index (χ1) is 12.2. The summed E-state index contributed by atoms with van der Waals surface area (Å²) in [5.74, 6) is -0.515. The molecule has 0 heterocycles. The van der Waals surface area contributed by atoms with Crippen LogP contribution in [0.3, 0.4) is 0 Å². The molecule has 2 aromatic carbocycles. The number of hydrogen-bond donors (Lipinski definition) is 1. The first-order valence-electron chi connectivity index (χ1n) is 7.75. The minimum Gasteiger partial charge on any atom is -0.348 e. The highest BCUT2D eigenvalue weighted by molar-refractivity contribution is 7.92. The van der Waals surface area contributed by atoms with E-state index in [2.05, 4.69) is 5.32 Å². The number of nitro benzene ring substituents is 1. The van der Waals surface area contributed by atoms with Crippen molar-refractivity contribution in [2.45, 2.75) is 13.0 Å². The van der Waals surface area contributed by atoms with Gasteiger partial charge in [-0.1, -0.05) is 36.4 Å². The van der Waals surface area contributed by atoms with Crippen LogP contribution >= 0.6 is 0 Å². The maximum absolute atomic E-state index is 12.3. The number of hydrogen-bond acceptors (Lipinski definition) is 5. The van der Waals surface area contributed by atoms with E-state index in [4.69, 9.17) is 0 Å². The molecule has 0 bridgehead atoms. The highest BCUT2D eigenvalue weighted by Crippen LogP contribution is 2.23. The van der Waals surface area contributed by atoms with Crippen LogP contribution in [0, 0.1) is 10.1 Å². The van der Waals surface area contributed by atoms with Gasteiger partial charge in [0.2, 0.25) is 15.9 Å². The molecule has 0 unspecified atom stereocenters. The number of carbonyl (C=O) groups is 1. The molecule has 2 rings (SSSR count). The van der Waals surface area contributed by atoms with Gasteiger partial charge in [0.25, 0.3) is 5.69 Å². The second-order valence-electron chi connectivity index (χ2n) is 5.75. The Morgan fingerprint density at radius 2 is 1.85 bits per heavy atom. The Hall–Kier alpha value is -2.94. The molecule has 0 aliphatic heterocycles. The van der Waals surface area contributed by atoms with Gasteiger partial charge in [-0.15, -0.1) is 0 Å². The standard InChI is InChI=1S/C17H19N3O5S/c1-13(14-7-4-3-5-8-14)18-17(21)12-19(26(2,24)25)15-9-6-10-16(11-15)20(22)23/h3-11,13H,12H2,1-2H3,(H,18,21)/t13-/m1/s1. The van der Waals surface area contributed by atoms with Crippen LogP contribution in [-0.4, -0.2) is 32.0 Å². The first-order valence-corrected chi connectivity index (χ1v) is 9.60. The third-order valence-corrected chi connectivity index (χ3v) is 4.83. The lowest BCUT2D eigenvalue weighted by atomic mass is 10.1. The van der Waals surface area contributed by atoms with Gasteiger partial charge in [-0.3, -0.25) is 19.2 Å². The molecule has 0 aromatic heterocycles. The molecule has 0 aliphatic rings. The van der Waals surface area contributed by atoms with Crippen LogP contribution in [0.2, 0.25) is 0 Å². The van der Waals surface area contributed by atoms with Crippen LogP contribution < -0.4 is 9.62 Å². The number of rotatable bonds is 7. The van der Waals surface area contributed by atoms with E-state index in [1.807, 2.05) is 30.3 Å². The molecule has 1 atom stereocenters. The van der Waals surface area contributed by atoms with Crippen molar-refractivity contribution in [2.24, 2.45) is 0 Å². The minimum absolute atomic E-state index is 0.0595. The quantitative estimate of drug-likeness (QED) is 0.588. The zero-order valence-corrected chi connectivity index (χ0v) is 15.1. The SMILES string of the molecule is C[C@@H](NC(=O)CN(c1cccc([N+](=O)[O-])c1)S(C)(=O)=O)c1ccccc1. The number of nitrogens with one attached hydrogen (secondary N) is 1. The summed E-state index contributed by atoms with van der Waals surface area (Å²) in [6, 6.07) is 14.1. The van der Waals surface area contributed by atoms with Gasteiger partial charge in [0.1, 0.15) is 6.54 Å². The second kappa shape index (κ2) is 7.96. The number of carbonyl (C=O) groups excluding carboxylic acids is 1. The molecule has 1 N–H and O–H groups in total. The number of benzene rings is 2. The predicted octanol–water partition coefficient (Wildman–Crippen LogP) is 2.24. The topological polar surface area (TPSA) is 110 Å². The van der Waals surface area contributed by atoms with Crippen LogP contribution in [0.4, 0.5) is 11.4 Å². The summed E-state index contributed by atoms with van der Waals surface area (Å²) in [7, 11) is -3.81. The normalized spacial score (nSPS) is 12.2. The van der Waals surface area contributed by atoms with E-state index >= 15 is 0 Å². The third kappa shape index (κ3) is 5.03. The Morgan fingerprint density at radius 1 is 1.19 bits per heavy atom. The summed E-state index contributed by atoms with van der Waals surface area (Å²) in [5.41, 5.74) is 0.681. The van der Waals surface area contributed by atoms with Gasteiger partial charge in [-0.25, -0.2) is 8.42 Å². The van der Waals surface area contributed by atoms with Gasteiger partial charge in [0.15, 0.2) is 0 Å². The van der Waals surface area contributed by atoms with E-state index in [0.29, 0.717) is 0 Å². The van der Waals surface area contributed by atoms with Gasteiger partial charge < -0.3 is 5.32 Å². The number of nitrogens with zero attached hydrogens (tertiary/aromatic N) is 2. The van der Waals surface area contributed by atoms with Gasteiger partial charge in [-0.2, -0.15) is 0 Å². The number of nitro groups is 1. The third-order valence-electron chi connectivity index (χ3n) is 3.69. The number of non-ortho nitro benzene ring substituents is 1. The monoisotopic (exact) mass is 377 g/mol. The van der Waals surface area contributed by atoms with E-state index in [0.717, 1.165) is 22.2 Å². The summed E-state index contributed by atoms with van der Waals surface area (Å²) in [6.07, 6.45) is 0.944. The van der Waals surface area contributed by atoms with Crippen molar-refractivity contribution in [3.8, 4) is 0 Å². The van der Waals surface area contributed by atoms with E-state index in [1.165, 1.54) is 18.2 Å². The van der Waals surface area contributed by atoms with Gasteiger partial charge >= 0.3 is 0 Å². The fourth-order valence-corrected chi connectivity index (χ4v) is 3.25. The van der Waals surface area contributed by atoms with E-state index in [1.54, 1.807) is 6.92 Å². The maximum atomic E-state index is 12.3. The van der Waals surface area contributed by atoms with Gasteiger partial charge in [0.05, 0.1) is 22.9 Å². The van der Waals surface area contributed by atoms with Crippen LogP contribution in [-0.2, 0) is 14.8 Å². The molecular formula is C17H19N3O5S. The molecule has 138 valence electrons. The van der Waals surface area contributed by atoms with Crippen molar-refractivity contribution in [2.75, 3.05) is 17.1 Å². The lowest BCUT2D eigenvalue weighted by Gasteiger charge is -2.23. The van der Waals surface area contributed by atoms with Crippen molar-refractivity contribution in [1.29, 1.82) is 0 Å². The molecule has 1 amide bonds. The van der Waals surface area contributed by atoms with Crippen molar-refractivity contribution < 1.29 is 18.1 Å². The van der Waals surface area contributed by atoms with E-state index in [-0.39, 0.29) is 17.4 Å². The Labute approximate surface area is 151 Å². The van der Waals surface area contributed by atoms with Gasteiger partial charge in [0, 0.05) is 12.1 Å². The summed E-state index contributed by atoms with van der Waals surface area (Å²) in [5, 5.41) is 13.6. The fraction of sp³-hybridized carbons (Fsp3) is 0.235. The van der Waals surface area contributed by atoms with Crippen molar-refractivity contribution in [3.05, 3.63) is 70.3 Å². The average molecular weight is 377 g/mol. The average Bonchev–Trinajstić information content (AvgIpc) is 2.59. The number of sulfonamides is 1. The Morgan fingerprint density at radius 3 is 2.42 bits per heavy atom. The zero-order chi connectivity index (χ0) is 19.3. The van der Waals surface area contributed by atoms with Crippen LogP contribution in [0.25, 0.3) is 0 Å². The maximum Gasteiger partial charge on any atom is 0.271 e. The summed E-state index contributed by atoms with van der Waals surface area (Å²) in [6.45, 7) is 1.31. The first kappa shape index (κ1) is 19.4. The summed E-state index contributed by atoms with van der Waals surface area (Å²) in [4.78, 5) is 22.6. The molecular weight excluding hydrogens is 358 g/mol. The Bertz CT molecular complexity index is 900. The smallest absolute Gasteiger partial charge is 0.271 e. The van der Waals surface area contributed by atoms with Gasteiger partial charge in [-0.05, 0) is 18.6 Å². The molecule has 8 nitrogen and oxygen atoms in total. The summed E-state index contributed by atoms with van der Waals surface area (Å²) >= 11 is 0. The molecule has 0 radical (unpaired) electrons. The van der Waals surface area contributed by atoms with Crippen molar-refractivity contribution in [1.82, 2.24) is 5.32 Å². The predicted molar refractivity (Wildman–Crippen MR) is 98.3 cm³/mol. The lowest BCUT2D eigenvalue weighted by molar-refractivity contribution is -0.384. The number of amides is 1. The zero-order valence-electron chi connectivity index (χ0n) is 14.3. The number of anilines is 1. The van der Waals surface area contributed by atoms with Crippen molar-refractivity contribution >= 4 is 27.3 Å².